The Balaban J connectivity index is 1.79. The van der Waals surface area contributed by atoms with E-state index in [4.69, 9.17) is 0 Å². The van der Waals surface area contributed by atoms with Gasteiger partial charge in [0.15, 0.2) is 5.82 Å². The van der Waals surface area contributed by atoms with Crippen LogP contribution in [0.25, 0.3) is 11.0 Å². The van der Waals surface area contributed by atoms with Crippen LogP contribution < -0.4 is 5.32 Å². The highest BCUT2D eigenvalue weighted by Crippen LogP contribution is 2.13. The third-order valence-electron chi connectivity index (χ3n) is 2.78. The molecule has 96 valence electrons. The summed E-state index contributed by atoms with van der Waals surface area (Å²) in [5.74, 6) is 0.241. The van der Waals surface area contributed by atoms with Gasteiger partial charge in [0.25, 0.3) is 5.91 Å². The summed E-state index contributed by atoms with van der Waals surface area (Å²) in [5.41, 5.74) is 2.19. The fourth-order valence-corrected chi connectivity index (χ4v) is 1.77. The van der Waals surface area contributed by atoms with Crippen molar-refractivity contribution in [2.24, 2.45) is 0 Å². The predicted molar refractivity (Wildman–Crippen MR) is 66.2 cm³/mol. The maximum Gasteiger partial charge on any atom is 0.251 e. The van der Waals surface area contributed by atoms with Crippen molar-refractivity contribution in [2.75, 3.05) is 0 Å². The van der Waals surface area contributed by atoms with E-state index < -0.39 is 0 Å². The van der Waals surface area contributed by atoms with E-state index in [1.807, 2.05) is 0 Å². The van der Waals surface area contributed by atoms with Crippen LogP contribution in [0.2, 0.25) is 0 Å². The SMILES string of the molecule is CC(NC(=O)c1ccc2nc[nH]c2c1)c1nn[nH]n1. The van der Waals surface area contributed by atoms with Gasteiger partial charge in [-0.3, -0.25) is 4.79 Å². The number of H-pyrrole nitrogens is 2. The number of tetrazole rings is 1. The lowest BCUT2D eigenvalue weighted by molar-refractivity contribution is 0.0938. The number of imidazole rings is 1. The molecule has 0 spiro atoms. The summed E-state index contributed by atoms with van der Waals surface area (Å²) in [4.78, 5) is 19.2. The number of aromatic amines is 2. The largest absolute Gasteiger partial charge is 0.345 e. The van der Waals surface area contributed by atoms with Gasteiger partial charge in [0, 0.05) is 5.56 Å². The van der Waals surface area contributed by atoms with E-state index in [1.54, 1.807) is 31.5 Å². The molecule has 0 aliphatic heterocycles. The first-order valence-electron chi connectivity index (χ1n) is 5.71. The number of fused-ring (bicyclic) bond motifs is 1. The van der Waals surface area contributed by atoms with Crippen molar-refractivity contribution >= 4 is 16.9 Å². The molecule has 3 aromatic rings. The molecule has 8 heteroatoms. The molecule has 8 nitrogen and oxygen atoms in total. The molecule has 0 aliphatic carbocycles. The summed E-state index contributed by atoms with van der Waals surface area (Å²) in [7, 11) is 0. The number of nitrogens with one attached hydrogen (secondary N) is 3. The highest BCUT2D eigenvalue weighted by atomic mass is 16.1. The zero-order chi connectivity index (χ0) is 13.2. The summed E-state index contributed by atoms with van der Waals surface area (Å²) in [6.45, 7) is 1.79. The average molecular weight is 257 g/mol. The number of nitrogens with zero attached hydrogens (tertiary/aromatic N) is 4. The Bertz CT molecular complexity index is 703. The lowest BCUT2D eigenvalue weighted by atomic mass is 10.1. The number of carbonyl (C=O) groups excluding carboxylic acids is 1. The first-order chi connectivity index (χ1) is 9.24. The van der Waals surface area contributed by atoms with Crippen molar-refractivity contribution in [3.05, 3.63) is 35.9 Å². The Labute approximate surface area is 107 Å². The maximum atomic E-state index is 12.1. The minimum absolute atomic E-state index is 0.200. The van der Waals surface area contributed by atoms with Crippen LogP contribution in [0.15, 0.2) is 24.5 Å². The van der Waals surface area contributed by atoms with E-state index in [1.165, 1.54) is 0 Å². The van der Waals surface area contributed by atoms with Gasteiger partial charge in [0.2, 0.25) is 0 Å². The summed E-state index contributed by atoms with van der Waals surface area (Å²) in [5, 5.41) is 16.3. The van der Waals surface area contributed by atoms with E-state index >= 15 is 0 Å². The molecular formula is C11H11N7O. The van der Waals surface area contributed by atoms with Gasteiger partial charge < -0.3 is 10.3 Å². The number of benzene rings is 1. The molecule has 0 aliphatic rings. The quantitative estimate of drug-likeness (QED) is 0.635. The molecule has 19 heavy (non-hydrogen) atoms. The zero-order valence-electron chi connectivity index (χ0n) is 10.1. The standard InChI is InChI=1S/C11H11N7O/c1-6(10-15-17-18-16-10)14-11(19)7-2-3-8-9(4-7)13-5-12-8/h2-6H,1H3,(H,12,13)(H,14,19)(H,15,16,17,18). The van der Waals surface area contributed by atoms with Gasteiger partial charge >= 0.3 is 0 Å². The third kappa shape index (κ3) is 2.15. The molecule has 1 atom stereocenters. The molecule has 0 fully saturated rings. The molecule has 0 bridgehead atoms. The van der Waals surface area contributed by atoms with Gasteiger partial charge in [-0.1, -0.05) is 5.21 Å². The Morgan fingerprint density at radius 3 is 3.11 bits per heavy atom. The number of hydrogen-bond donors (Lipinski definition) is 3. The maximum absolute atomic E-state index is 12.1. The van der Waals surface area contributed by atoms with Crippen LogP contribution >= 0.6 is 0 Å². The normalized spacial score (nSPS) is 12.5. The first kappa shape index (κ1) is 11.3. The predicted octanol–water partition coefficient (Wildman–Crippen LogP) is 0.567. The van der Waals surface area contributed by atoms with E-state index in [9.17, 15) is 4.79 Å². The number of rotatable bonds is 3. The van der Waals surface area contributed by atoms with Crippen LogP contribution in [0.4, 0.5) is 0 Å². The van der Waals surface area contributed by atoms with Gasteiger partial charge in [-0.05, 0) is 25.1 Å². The van der Waals surface area contributed by atoms with Crippen LogP contribution in [0.5, 0.6) is 0 Å². The molecule has 2 aromatic heterocycles. The highest BCUT2D eigenvalue weighted by Gasteiger charge is 2.15. The Morgan fingerprint density at radius 2 is 2.32 bits per heavy atom. The molecule has 0 saturated carbocycles. The topological polar surface area (TPSA) is 112 Å². The van der Waals surface area contributed by atoms with Crippen LogP contribution in [0.1, 0.15) is 29.1 Å². The average Bonchev–Trinajstić information content (AvgIpc) is 3.09. The molecule has 1 aromatic carbocycles. The Hall–Kier alpha value is -2.77. The van der Waals surface area contributed by atoms with Crippen molar-refractivity contribution in [1.82, 2.24) is 35.9 Å². The summed E-state index contributed by atoms with van der Waals surface area (Å²) in [6, 6.07) is 4.95. The molecule has 0 saturated heterocycles. The second-order valence-corrected chi connectivity index (χ2v) is 4.10. The Kier molecular flexibility index (Phi) is 2.67. The van der Waals surface area contributed by atoms with Gasteiger partial charge in [0.05, 0.1) is 23.4 Å². The smallest absolute Gasteiger partial charge is 0.251 e. The summed E-state index contributed by atoms with van der Waals surface area (Å²) in [6.07, 6.45) is 1.59. The van der Waals surface area contributed by atoms with Gasteiger partial charge in [-0.15, -0.1) is 10.2 Å². The number of hydrogen-bond acceptors (Lipinski definition) is 5. The minimum Gasteiger partial charge on any atom is -0.345 e. The lowest BCUT2D eigenvalue weighted by Gasteiger charge is -2.09. The van der Waals surface area contributed by atoms with Gasteiger partial charge in [-0.25, -0.2) is 4.98 Å². The second-order valence-electron chi connectivity index (χ2n) is 4.10. The fraction of sp³-hybridized carbons (Fsp3) is 0.182. The second kappa shape index (κ2) is 4.48. The van der Waals surface area contributed by atoms with Crippen LogP contribution in [-0.4, -0.2) is 36.5 Å². The van der Waals surface area contributed by atoms with E-state index in [-0.39, 0.29) is 11.9 Å². The van der Waals surface area contributed by atoms with Crippen molar-refractivity contribution < 1.29 is 4.79 Å². The van der Waals surface area contributed by atoms with Crippen LogP contribution in [0.3, 0.4) is 0 Å². The fourth-order valence-electron chi connectivity index (χ4n) is 1.77. The molecule has 3 rings (SSSR count). The van der Waals surface area contributed by atoms with E-state index in [0.717, 1.165) is 11.0 Å². The van der Waals surface area contributed by atoms with Crippen molar-refractivity contribution in [3.8, 4) is 0 Å². The Morgan fingerprint density at radius 1 is 1.42 bits per heavy atom. The molecule has 0 radical (unpaired) electrons. The number of carbonyl (C=O) groups is 1. The van der Waals surface area contributed by atoms with E-state index in [2.05, 4.69) is 35.9 Å². The molecular weight excluding hydrogens is 246 g/mol. The number of aromatic nitrogens is 6. The summed E-state index contributed by atoms with van der Waals surface area (Å²) < 4.78 is 0. The van der Waals surface area contributed by atoms with Crippen molar-refractivity contribution in [3.63, 3.8) is 0 Å². The monoisotopic (exact) mass is 257 g/mol. The van der Waals surface area contributed by atoms with Gasteiger partial charge in [-0.2, -0.15) is 5.21 Å². The molecule has 1 unspecified atom stereocenters. The highest BCUT2D eigenvalue weighted by molar-refractivity contribution is 5.97. The zero-order valence-corrected chi connectivity index (χ0v) is 10.1. The van der Waals surface area contributed by atoms with Gasteiger partial charge in [0.1, 0.15) is 0 Å². The van der Waals surface area contributed by atoms with Crippen molar-refractivity contribution in [2.45, 2.75) is 13.0 Å². The molecule has 2 heterocycles. The van der Waals surface area contributed by atoms with Crippen molar-refractivity contribution in [1.29, 1.82) is 0 Å². The first-order valence-corrected chi connectivity index (χ1v) is 5.71. The van der Waals surface area contributed by atoms with Crippen LogP contribution in [0, 0.1) is 0 Å². The minimum atomic E-state index is -0.316. The molecule has 3 N–H and O–H groups in total. The van der Waals surface area contributed by atoms with E-state index in [0.29, 0.717) is 11.4 Å². The third-order valence-corrected chi connectivity index (χ3v) is 2.78. The molecule has 1 amide bonds. The lowest BCUT2D eigenvalue weighted by Crippen LogP contribution is -2.27. The summed E-state index contributed by atoms with van der Waals surface area (Å²) >= 11 is 0. The number of amides is 1. The van der Waals surface area contributed by atoms with Crippen LogP contribution in [-0.2, 0) is 0 Å².